The molecule has 0 radical (unpaired) electrons. The molecular formula is C8H16F2N2O. The van der Waals surface area contributed by atoms with Crippen molar-refractivity contribution in [1.29, 1.82) is 0 Å². The molecule has 0 aliphatic heterocycles. The number of nitrogens with one attached hydrogen (secondary N) is 2. The fourth-order valence-corrected chi connectivity index (χ4v) is 0.599. The van der Waals surface area contributed by atoms with E-state index in [1.807, 2.05) is 20.8 Å². The van der Waals surface area contributed by atoms with Crippen LogP contribution < -0.4 is 10.6 Å². The van der Waals surface area contributed by atoms with Crippen molar-refractivity contribution >= 4 is 5.91 Å². The van der Waals surface area contributed by atoms with Gasteiger partial charge in [-0.2, -0.15) is 0 Å². The summed E-state index contributed by atoms with van der Waals surface area (Å²) in [6.07, 6.45) is -2.49. The third kappa shape index (κ3) is 9.20. The standard InChI is InChI=1S/C8H16F2N2O/c1-8(2,3)12-5-7(13)11-4-6(9)10/h6,12H,4-5H2,1-3H3,(H,11,13). The van der Waals surface area contributed by atoms with E-state index in [0.29, 0.717) is 0 Å². The van der Waals surface area contributed by atoms with Gasteiger partial charge in [-0.1, -0.05) is 0 Å². The van der Waals surface area contributed by atoms with Gasteiger partial charge in [0.05, 0.1) is 13.1 Å². The van der Waals surface area contributed by atoms with E-state index in [0.717, 1.165) is 0 Å². The van der Waals surface area contributed by atoms with Crippen LogP contribution in [-0.4, -0.2) is 31.0 Å². The van der Waals surface area contributed by atoms with E-state index in [4.69, 9.17) is 0 Å². The molecule has 0 unspecified atom stereocenters. The van der Waals surface area contributed by atoms with Crippen LogP contribution in [0.2, 0.25) is 0 Å². The maximum absolute atomic E-state index is 11.6. The molecule has 5 heteroatoms. The van der Waals surface area contributed by atoms with Crippen molar-refractivity contribution in [3.8, 4) is 0 Å². The van der Waals surface area contributed by atoms with Crippen LogP contribution in [-0.2, 0) is 4.79 Å². The van der Waals surface area contributed by atoms with Crippen molar-refractivity contribution < 1.29 is 13.6 Å². The summed E-state index contributed by atoms with van der Waals surface area (Å²) in [6, 6.07) is 0. The number of hydrogen-bond donors (Lipinski definition) is 2. The SMILES string of the molecule is CC(C)(C)NCC(=O)NCC(F)F. The largest absolute Gasteiger partial charge is 0.349 e. The molecular weight excluding hydrogens is 178 g/mol. The van der Waals surface area contributed by atoms with Gasteiger partial charge in [-0.15, -0.1) is 0 Å². The van der Waals surface area contributed by atoms with Gasteiger partial charge in [0.2, 0.25) is 5.91 Å². The zero-order chi connectivity index (χ0) is 10.5. The van der Waals surface area contributed by atoms with Crippen LogP contribution in [0.25, 0.3) is 0 Å². The first-order chi connectivity index (χ1) is 5.81. The Morgan fingerprint density at radius 2 is 1.92 bits per heavy atom. The molecule has 0 aromatic heterocycles. The summed E-state index contributed by atoms with van der Waals surface area (Å²) in [7, 11) is 0. The quantitative estimate of drug-likeness (QED) is 0.693. The van der Waals surface area contributed by atoms with Crippen LogP contribution in [0.5, 0.6) is 0 Å². The van der Waals surface area contributed by atoms with Gasteiger partial charge in [-0.05, 0) is 20.8 Å². The molecule has 0 saturated carbocycles. The lowest BCUT2D eigenvalue weighted by atomic mass is 10.1. The minimum atomic E-state index is -2.49. The van der Waals surface area contributed by atoms with Crippen molar-refractivity contribution in [1.82, 2.24) is 10.6 Å². The normalized spacial score (nSPS) is 11.8. The summed E-state index contributed by atoms with van der Waals surface area (Å²) in [5, 5.41) is 4.99. The van der Waals surface area contributed by atoms with Crippen molar-refractivity contribution in [2.45, 2.75) is 32.7 Å². The first kappa shape index (κ1) is 12.3. The Morgan fingerprint density at radius 1 is 1.38 bits per heavy atom. The molecule has 0 aromatic rings. The number of halogens is 2. The number of carbonyl (C=O) groups is 1. The van der Waals surface area contributed by atoms with Crippen LogP contribution in [0.4, 0.5) is 8.78 Å². The highest BCUT2D eigenvalue weighted by molar-refractivity contribution is 5.78. The number of carbonyl (C=O) groups excluding carboxylic acids is 1. The van der Waals surface area contributed by atoms with E-state index in [-0.39, 0.29) is 12.1 Å². The Labute approximate surface area is 76.9 Å². The number of alkyl halides is 2. The highest BCUT2D eigenvalue weighted by atomic mass is 19.3. The van der Waals surface area contributed by atoms with E-state index in [1.54, 1.807) is 0 Å². The lowest BCUT2D eigenvalue weighted by Gasteiger charge is -2.19. The fraction of sp³-hybridized carbons (Fsp3) is 0.875. The van der Waals surface area contributed by atoms with Gasteiger partial charge in [0.15, 0.2) is 0 Å². The second-order valence-electron chi connectivity index (χ2n) is 3.80. The molecule has 2 N–H and O–H groups in total. The highest BCUT2D eigenvalue weighted by Gasteiger charge is 2.11. The third-order valence-electron chi connectivity index (χ3n) is 1.23. The Bertz CT molecular complexity index is 166. The molecule has 0 atom stereocenters. The van der Waals surface area contributed by atoms with Crippen LogP contribution in [0.15, 0.2) is 0 Å². The predicted molar refractivity (Wildman–Crippen MR) is 46.8 cm³/mol. The molecule has 0 spiro atoms. The Morgan fingerprint density at radius 3 is 2.31 bits per heavy atom. The average Bonchev–Trinajstić information content (AvgIpc) is 1.95. The van der Waals surface area contributed by atoms with Crippen molar-refractivity contribution in [2.24, 2.45) is 0 Å². The maximum atomic E-state index is 11.6. The van der Waals surface area contributed by atoms with E-state index in [9.17, 15) is 13.6 Å². The van der Waals surface area contributed by atoms with Gasteiger partial charge >= 0.3 is 0 Å². The molecule has 3 nitrogen and oxygen atoms in total. The molecule has 0 rings (SSSR count). The third-order valence-corrected chi connectivity index (χ3v) is 1.23. The predicted octanol–water partition coefficient (Wildman–Crippen LogP) is 0.756. The molecule has 0 saturated heterocycles. The van der Waals surface area contributed by atoms with Crippen LogP contribution >= 0.6 is 0 Å². The summed E-state index contributed by atoms with van der Waals surface area (Å²) in [6.45, 7) is 5.18. The molecule has 78 valence electrons. The number of rotatable bonds is 4. The lowest BCUT2D eigenvalue weighted by molar-refractivity contribution is -0.121. The van der Waals surface area contributed by atoms with Gasteiger partial charge in [-0.3, -0.25) is 4.79 Å². The summed E-state index contributed by atoms with van der Waals surface area (Å²) in [5.41, 5.74) is -0.178. The van der Waals surface area contributed by atoms with E-state index in [1.165, 1.54) is 0 Å². The Hall–Kier alpha value is -0.710. The zero-order valence-electron chi connectivity index (χ0n) is 8.16. The molecule has 0 aliphatic rings. The molecule has 1 amide bonds. The first-order valence-electron chi connectivity index (χ1n) is 4.11. The molecule has 13 heavy (non-hydrogen) atoms. The topological polar surface area (TPSA) is 41.1 Å². The number of hydrogen-bond acceptors (Lipinski definition) is 2. The minimum absolute atomic E-state index is 0.0657. The highest BCUT2D eigenvalue weighted by Crippen LogP contribution is 1.96. The average molecular weight is 194 g/mol. The summed E-state index contributed by atoms with van der Waals surface area (Å²) < 4.78 is 23.3. The van der Waals surface area contributed by atoms with Crippen LogP contribution in [0.3, 0.4) is 0 Å². The van der Waals surface area contributed by atoms with Gasteiger partial charge < -0.3 is 10.6 Å². The second kappa shape index (κ2) is 5.11. The summed E-state index contributed by atoms with van der Waals surface area (Å²) in [4.78, 5) is 10.9. The molecule has 0 aromatic carbocycles. The molecule has 0 bridgehead atoms. The maximum Gasteiger partial charge on any atom is 0.255 e. The monoisotopic (exact) mass is 194 g/mol. The molecule has 0 heterocycles. The van der Waals surface area contributed by atoms with E-state index >= 15 is 0 Å². The Balaban J connectivity index is 3.53. The van der Waals surface area contributed by atoms with Gasteiger partial charge in [-0.25, -0.2) is 8.78 Å². The molecule has 0 aliphatic carbocycles. The van der Waals surface area contributed by atoms with Crippen molar-refractivity contribution in [2.75, 3.05) is 13.1 Å². The van der Waals surface area contributed by atoms with Gasteiger partial charge in [0, 0.05) is 5.54 Å². The van der Waals surface area contributed by atoms with Crippen molar-refractivity contribution in [3.63, 3.8) is 0 Å². The summed E-state index contributed by atoms with van der Waals surface area (Å²) in [5.74, 6) is -0.407. The minimum Gasteiger partial charge on any atom is -0.349 e. The number of amides is 1. The van der Waals surface area contributed by atoms with Crippen LogP contribution in [0.1, 0.15) is 20.8 Å². The second-order valence-corrected chi connectivity index (χ2v) is 3.80. The smallest absolute Gasteiger partial charge is 0.255 e. The molecule has 0 fully saturated rings. The van der Waals surface area contributed by atoms with Crippen molar-refractivity contribution in [3.05, 3.63) is 0 Å². The van der Waals surface area contributed by atoms with Crippen LogP contribution in [0, 0.1) is 0 Å². The van der Waals surface area contributed by atoms with Gasteiger partial charge in [0.1, 0.15) is 0 Å². The van der Waals surface area contributed by atoms with Gasteiger partial charge in [0.25, 0.3) is 6.43 Å². The van der Waals surface area contributed by atoms with E-state index < -0.39 is 18.9 Å². The lowest BCUT2D eigenvalue weighted by Crippen LogP contribution is -2.44. The zero-order valence-corrected chi connectivity index (χ0v) is 8.16. The summed E-state index contributed by atoms with van der Waals surface area (Å²) >= 11 is 0. The van der Waals surface area contributed by atoms with E-state index in [2.05, 4.69) is 10.6 Å². The first-order valence-corrected chi connectivity index (χ1v) is 4.11. The Kier molecular flexibility index (Phi) is 4.83. The fourth-order valence-electron chi connectivity index (χ4n) is 0.599.